The fourth-order valence-corrected chi connectivity index (χ4v) is 1.92. The van der Waals surface area contributed by atoms with Crippen molar-refractivity contribution in [3.8, 4) is 11.5 Å². The molecular formula is C12H17BrO3. The standard InChI is InChI=1S/C12H17BrO3/c1-12(2,7-14)6-8-4-10(15)11(16-3)5-9(8)13/h4-5,14-15H,6-7H2,1-3H3. The highest BCUT2D eigenvalue weighted by atomic mass is 79.9. The number of rotatable bonds is 4. The van der Waals surface area contributed by atoms with Crippen LogP contribution in [-0.2, 0) is 6.42 Å². The zero-order valence-corrected chi connectivity index (χ0v) is 11.3. The molecule has 0 aliphatic carbocycles. The van der Waals surface area contributed by atoms with Gasteiger partial charge in [-0.25, -0.2) is 0 Å². The lowest BCUT2D eigenvalue weighted by Crippen LogP contribution is -2.19. The van der Waals surface area contributed by atoms with Crippen LogP contribution < -0.4 is 4.74 Å². The van der Waals surface area contributed by atoms with Crippen molar-refractivity contribution < 1.29 is 14.9 Å². The van der Waals surface area contributed by atoms with Crippen LogP contribution in [0.4, 0.5) is 0 Å². The van der Waals surface area contributed by atoms with Crippen LogP contribution in [0.15, 0.2) is 16.6 Å². The van der Waals surface area contributed by atoms with Gasteiger partial charge in [0.15, 0.2) is 11.5 Å². The van der Waals surface area contributed by atoms with E-state index in [2.05, 4.69) is 15.9 Å². The van der Waals surface area contributed by atoms with E-state index in [0.29, 0.717) is 12.2 Å². The third kappa shape index (κ3) is 3.12. The molecule has 0 heterocycles. The lowest BCUT2D eigenvalue weighted by atomic mass is 9.86. The lowest BCUT2D eigenvalue weighted by molar-refractivity contribution is 0.159. The molecule has 16 heavy (non-hydrogen) atoms. The zero-order valence-electron chi connectivity index (χ0n) is 9.75. The third-order valence-corrected chi connectivity index (χ3v) is 3.18. The Kier molecular flexibility index (Phi) is 4.21. The fraction of sp³-hybridized carbons (Fsp3) is 0.500. The van der Waals surface area contributed by atoms with Crippen LogP contribution >= 0.6 is 15.9 Å². The minimum Gasteiger partial charge on any atom is -0.504 e. The summed E-state index contributed by atoms with van der Waals surface area (Å²) in [5, 5.41) is 18.9. The summed E-state index contributed by atoms with van der Waals surface area (Å²) in [7, 11) is 1.51. The maximum atomic E-state index is 9.68. The Bertz CT molecular complexity index is 375. The average molecular weight is 289 g/mol. The van der Waals surface area contributed by atoms with E-state index in [9.17, 15) is 10.2 Å². The number of hydrogen-bond acceptors (Lipinski definition) is 3. The van der Waals surface area contributed by atoms with Crippen LogP contribution in [0.3, 0.4) is 0 Å². The third-order valence-electron chi connectivity index (χ3n) is 2.44. The maximum absolute atomic E-state index is 9.68. The second-order valence-electron chi connectivity index (χ2n) is 4.61. The topological polar surface area (TPSA) is 49.7 Å². The summed E-state index contributed by atoms with van der Waals surface area (Å²) in [6.45, 7) is 4.05. The molecule has 90 valence electrons. The highest BCUT2D eigenvalue weighted by molar-refractivity contribution is 9.10. The van der Waals surface area contributed by atoms with Crippen molar-refractivity contribution in [3.63, 3.8) is 0 Å². The molecule has 3 nitrogen and oxygen atoms in total. The lowest BCUT2D eigenvalue weighted by Gasteiger charge is -2.22. The second kappa shape index (κ2) is 5.06. The molecule has 2 N–H and O–H groups in total. The molecule has 0 aromatic heterocycles. The Morgan fingerprint density at radius 2 is 2.00 bits per heavy atom. The van der Waals surface area contributed by atoms with Gasteiger partial charge in [-0.2, -0.15) is 0 Å². The molecule has 0 aliphatic rings. The van der Waals surface area contributed by atoms with Gasteiger partial charge in [0.2, 0.25) is 0 Å². The van der Waals surface area contributed by atoms with Crippen molar-refractivity contribution in [2.24, 2.45) is 5.41 Å². The van der Waals surface area contributed by atoms with E-state index in [1.165, 1.54) is 7.11 Å². The zero-order chi connectivity index (χ0) is 12.3. The number of aromatic hydroxyl groups is 1. The first-order chi connectivity index (χ1) is 7.39. The normalized spacial score (nSPS) is 11.6. The van der Waals surface area contributed by atoms with Gasteiger partial charge in [-0.1, -0.05) is 29.8 Å². The van der Waals surface area contributed by atoms with E-state index in [0.717, 1.165) is 10.0 Å². The van der Waals surface area contributed by atoms with Gasteiger partial charge < -0.3 is 14.9 Å². The number of halogens is 1. The molecule has 0 atom stereocenters. The Morgan fingerprint density at radius 3 is 2.50 bits per heavy atom. The monoisotopic (exact) mass is 288 g/mol. The van der Waals surface area contributed by atoms with Crippen molar-refractivity contribution in [3.05, 3.63) is 22.2 Å². The van der Waals surface area contributed by atoms with Gasteiger partial charge in [0.25, 0.3) is 0 Å². The molecule has 0 aliphatic heterocycles. The largest absolute Gasteiger partial charge is 0.504 e. The number of benzene rings is 1. The molecule has 0 fully saturated rings. The molecule has 0 bridgehead atoms. The number of phenols is 1. The minimum absolute atomic E-state index is 0.103. The summed E-state index contributed by atoms with van der Waals surface area (Å²) >= 11 is 3.43. The minimum atomic E-state index is -0.205. The number of phenolic OH excluding ortho intramolecular Hbond substituents is 1. The molecule has 0 amide bonds. The van der Waals surface area contributed by atoms with Crippen LogP contribution in [0.2, 0.25) is 0 Å². The van der Waals surface area contributed by atoms with Crippen LogP contribution in [0.25, 0.3) is 0 Å². The van der Waals surface area contributed by atoms with Crippen molar-refractivity contribution in [2.75, 3.05) is 13.7 Å². The molecule has 1 rings (SSSR count). The first-order valence-corrected chi connectivity index (χ1v) is 5.85. The van der Waals surface area contributed by atoms with E-state index in [4.69, 9.17) is 4.74 Å². The number of hydrogen-bond donors (Lipinski definition) is 2. The Labute approximate surface area is 104 Å². The summed E-state index contributed by atoms with van der Waals surface area (Å²) in [5.41, 5.74) is 0.751. The van der Waals surface area contributed by atoms with Crippen molar-refractivity contribution in [1.82, 2.24) is 0 Å². The average Bonchev–Trinajstić information content (AvgIpc) is 2.22. The van der Waals surface area contributed by atoms with E-state index in [1.54, 1.807) is 12.1 Å². The Balaban J connectivity index is 3.02. The summed E-state index contributed by atoms with van der Waals surface area (Å²) in [4.78, 5) is 0. The van der Waals surface area contributed by atoms with E-state index in [1.807, 2.05) is 13.8 Å². The predicted molar refractivity (Wildman–Crippen MR) is 66.9 cm³/mol. The number of methoxy groups -OCH3 is 1. The quantitative estimate of drug-likeness (QED) is 0.896. The van der Waals surface area contributed by atoms with Gasteiger partial charge in [0.05, 0.1) is 7.11 Å². The van der Waals surface area contributed by atoms with Crippen LogP contribution in [0.1, 0.15) is 19.4 Å². The van der Waals surface area contributed by atoms with Gasteiger partial charge in [0, 0.05) is 11.1 Å². The Morgan fingerprint density at radius 1 is 1.38 bits per heavy atom. The van der Waals surface area contributed by atoms with Crippen molar-refractivity contribution >= 4 is 15.9 Å². The highest BCUT2D eigenvalue weighted by Crippen LogP contribution is 2.35. The van der Waals surface area contributed by atoms with Crippen LogP contribution in [0.5, 0.6) is 11.5 Å². The first-order valence-electron chi connectivity index (χ1n) is 5.06. The molecule has 1 aromatic carbocycles. The van der Waals surface area contributed by atoms with Gasteiger partial charge >= 0.3 is 0 Å². The maximum Gasteiger partial charge on any atom is 0.161 e. The number of aliphatic hydroxyl groups is 1. The highest BCUT2D eigenvalue weighted by Gasteiger charge is 2.20. The predicted octanol–water partition coefficient (Wildman–Crippen LogP) is 2.72. The van der Waals surface area contributed by atoms with Gasteiger partial charge in [0.1, 0.15) is 0 Å². The Hall–Kier alpha value is -0.740. The smallest absolute Gasteiger partial charge is 0.161 e. The second-order valence-corrected chi connectivity index (χ2v) is 5.47. The molecule has 0 spiro atoms. The molecule has 1 aromatic rings. The fourth-order valence-electron chi connectivity index (χ4n) is 1.46. The molecular weight excluding hydrogens is 272 g/mol. The van der Waals surface area contributed by atoms with Gasteiger partial charge in [-0.3, -0.25) is 0 Å². The molecule has 0 saturated carbocycles. The van der Waals surface area contributed by atoms with Crippen molar-refractivity contribution in [1.29, 1.82) is 0 Å². The SMILES string of the molecule is COc1cc(Br)c(CC(C)(C)CO)cc1O. The molecule has 0 unspecified atom stereocenters. The van der Waals surface area contributed by atoms with E-state index < -0.39 is 0 Å². The summed E-state index contributed by atoms with van der Waals surface area (Å²) < 4.78 is 5.89. The van der Waals surface area contributed by atoms with E-state index >= 15 is 0 Å². The van der Waals surface area contributed by atoms with E-state index in [-0.39, 0.29) is 17.8 Å². The summed E-state index contributed by atoms with van der Waals surface area (Å²) in [6, 6.07) is 3.40. The molecule has 4 heteroatoms. The van der Waals surface area contributed by atoms with Crippen molar-refractivity contribution in [2.45, 2.75) is 20.3 Å². The van der Waals surface area contributed by atoms with Crippen LogP contribution in [-0.4, -0.2) is 23.9 Å². The molecule has 0 saturated heterocycles. The summed E-state index contributed by atoms with van der Waals surface area (Å²) in [6.07, 6.45) is 0.682. The van der Waals surface area contributed by atoms with Gasteiger partial charge in [-0.05, 0) is 29.5 Å². The van der Waals surface area contributed by atoms with Crippen LogP contribution in [0, 0.1) is 5.41 Å². The first kappa shape index (κ1) is 13.3. The number of aliphatic hydroxyl groups excluding tert-OH is 1. The van der Waals surface area contributed by atoms with Gasteiger partial charge in [-0.15, -0.1) is 0 Å². The molecule has 0 radical (unpaired) electrons. The summed E-state index contributed by atoms with van der Waals surface area (Å²) in [5.74, 6) is 0.562. The number of ether oxygens (including phenoxy) is 1.